The van der Waals surface area contributed by atoms with Crippen LogP contribution in [0.4, 0.5) is 8.78 Å². The second-order valence-corrected chi connectivity index (χ2v) is 6.80. The fraction of sp³-hybridized carbons (Fsp3) is 0.429. The van der Waals surface area contributed by atoms with Crippen LogP contribution in [0.2, 0.25) is 5.02 Å². The average molecular weight is 400 g/mol. The number of likely N-dealkylation sites (tertiary alicyclic amines) is 1. The van der Waals surface area contributed by atoms with Crippen molar-refractivity contribution in [1.82, 2.24) is 9.88 Å². The Bertz CT molecular complexity index is 1070. The molecule has 1 amide bonds. The summed E-state index contributed by atoms with van der Waals surface area (Å²) < 4.78 is 84.4. The normalized spacial score (nSPS) is 28.0. The van der Waals surface area contributed by atoms with Crippen LogP contribution in [0, 0.1) is 12.7 Å². The van der Waals surface area contributed by atoms with Crippen LogP contribution >= 0.6 is 11.6 Å². The standard InChI is InChI=1S/C21H23ClF2N2O/c1-15-4-6-17(25-14-15)3-2-8-21(24)9-11-26(12-10-21)20(27)16-5-7-19(23)18(22)13-16/h4-7,13-14H,2-3,8-12H2,1H3/i1D3,9D2,12D2. The Hall–Kier alpha value is -2.01. The van der Waals surface area contributed by atoms with Gasteiger partial charge in [0.05, 0.1) is 5.02 Å². The van der Waals surface area contributed by atoms with Gasteiger partial charge in [-0.25, -0.2) is 8.78 Å². The maximum absolute atomic E-state index is 15.8. The Balaban J connectivity index is 1.71. The zero-order chi connectivity index (χ0) is 25.5. The molecular formula is C21H23ClF2N2O. The molecule has 27 heavy (non-hydrogen) atoms. The summed E-state index contributed by atoms with van der Waals surface area (Å²) in [5, 5.41) is -0.341. The monoisotopic (exact) mass is 399 g/mol. The lowest BCUT2D eigenvalue weighted by atomic mass is 9.87. The van der Waals surface area contributed by atoms with Gasteiger partial charge in [-0.05, 0) is 68.7 Å². The molecular weight excluding hydrogens is 370 g/mol. The third kappa shape index (κ3) is 5.04. The van der Waals surface area contributed by atoms with E-state index in [9.17, 15) is 9.18 Å². The van der Waals surface area contributed by atoms with Gasteiger partial charge >= 0.3 is 0 Å². The molecule has 1 fully saturated rings. The first-order valence-electron chi connectivity index (χ1n) is 12.0. The highest BCUT2D eigenvalue weighted by atomic mass is 35.5. The fourth-order valence-corrected chi connectivity index (χ4v) is 2.97. The Morgan fingerprint density at radius 3 is 3.00 bits per heavy atom. The zero-order valence-electron chi connectivity index (χ0n) is 21.4. The largest absolute Gasteiger partial charge is 0.338 e. The van der Waals surface area contributed by atoms with Crippen molar-refractivity contribution in [2.24, 2.45) is 0 Å². The molecule has 0 bridgehead atoms. The number of halogens is 3. The molecule has 1 aliphatic heterocycles. The quantitative estimate of drug-likeness (QED) is 0.696. The molecule has 2 heterocycles. The van der Waals surface area contributed by atoms with Crippen LogP contribution in [0.15, 0.2) is 36.5 Å². The molecule has 0 aliphatic carbocycles. The van der Waals surface area contributed by atoms with Gasteiger partial charge in [-0.3, -0.25) is 9.78 Å². The van der Waals surface area contributed by atoms with E-state index < -0.39 is 50.1 Å². The topological polar surface area (TPSA) is 33.2 Å². The van der Waals surface area contributed by atoms with E-state index in [0.29, 0.717) is 10.6 Å². The Kier molecular flexibility index (Phi) is 3.85. The van der Waals surface area contributed by atoms with Crippen LogP contribution in [0.1, 0.15) is 56.8 Å². The molecule has 1 saturated heterocycles. The summed E-state index contributed by atoms with van der Waals surface area (Å²) in [5.74, 6) is -1.68. The highest BCUT2D eigenvalue weighted by Gasteiger charge is 2.35. The molecule has 1 atom stereocenters. The smallest absolute Gasteiger partial charge is 0.253 e. The molecule has 0 spiro atoms. The second kappa shape index (κ2) is 8.34. The molecule has 3 rings (SSSR count). The lowest BCUT2D eigenvalue weighted by molar-refractivity contribution is 0.0389. The molecule has 1 unspecified atom stereocenters. The van der Waals surface area contributed by atoms with Gasteiger partial charge in [0.2, 0.25) is 0 Å². The van der Waals surface area contributed by atoms with Crippen molar-refractivity contribution in [1.29, 1.82) is 0 Å². The van der Waals surface area contributed by atoms with E-state index in [1.807, 2.05) is 0 Å². The van der Waals surface area contributed by atoms with E-state index in [-0.39, 0.29) is 35.4 Å². The molecule has 1 aromatic carbocycles. The molecule has 0 radical (unpaired) electrons. The summed E-state index contributed by atoms with van der Waals surface area (Å²) in [6, 6.07) is 5.99. The number of amides is 1. The number of nitrogens with zero attached hydrogens (tertiary/aromatic N) is 2. The van der Waals surface area contributed by atoms with Crippen LogP contribution in [-0.2, 0) is 6.42 Å². The maximum atomic E-state index is 15.8. The lowest BCUT2D eigenvalue weighted by Gasteiger charge is -2.36. The third-order valence-electron chi connectivity index (χ3n) is 4.35. The summed E-state index contributed by atoms with van der Waals surface area (Å²) in [5.41, 5.74) is -2.13. The highest BCUT2D eigenvalue weighted by Crippen LogP contribution is 2.32. The number of piperidine rings is 1. The van der Waals surface area contributed by atoms with Crippen molar-refractivity contribution < 1.29 is 23.2 Å². The van der Waals surface area contributed by atoms with Crippen molar-refractivity contribution in [3.63, 3.8) is 0 Å². The van der Waals surface area contributed by atoms with E-state index in [1.165, 1.54) is 18.3 Å². The minimum absolute atomic E-state index is 0.0715. The summed E-state index contributed by atoms with van der Waals surface area (Å²) in [7, 11) is 0. The van der Waals surface area contributed by atoms with E-state index in [0.717, 1.165) is 18.2 Å². The van der Waals surface area contributed by atoms with Crippen LogP contribution in [0.3, 0.4) is 0 Å². The first kappa shape index (κ1) is 12.4. The van der Waals surface area contributed by atoms with Crippen LogP contribution < -0.4 is 0 Å². The number of aryl methyl sites for hydroxylation is 2. The number of pyridine rings is 1. The predicted octanol–water partition coefficient (Wildman–Crippen LogP) is 5.15. The second-order valence-electron chi connectivity index (χ2n) is 6.39. The van der Waals surface area contributed by atoms with Gasteiger partial charge in [0.1, 0.15) is 11.5 Å². The molecule has 3 nitrogen and oxygen atoms in total. The molecule has 6 heteroatoms. The summed E-state index contributed by atoms with van der Waals surface area (Å²) in [4.78, 5) is 17.5. The summed E-state index contributed by atoms with van der Waals surface area (Å²) in [6.45, 7) is -5.63. The number of rotatable bonds is 5. The van der Waals surface area contributed by atoms with Crippen LogP contribution in [0.25, 0.3) is 0 Å². The minimum Gasteiger partial charge on any atom is -0.338 e. The highest BCUT2D eigenvalue weighted by molar-refractivity contribution is 6.31. The summed E-state index contributed by atoms with van der Waals surface area (Å²) in [6.07, 6.45) is -2.18. The van der Waals surface area contributed by atoms with Gasteiger partial charge < -0.3 is 4.90 Å². The number of carbonyl (C=O) groups excluding carboxylic acids is 1. The van der Waals surface area contributed by atoms with E-state index in [2.05, 4.69) is 4.98 Å². The Morgan fingerprint density at radius 1 is 1.44 bits per heavy atom. The van der Waals surface area contributed by atoms with Gasteiger partial charge in [-0.15, -0.1) is 0 Å². The molecule has 1 aliphatic rings. The molecule has 144 valence electrons. The van der Waals surface area contributed by atoms with Gasteiger partial charge in [-0.1, -0.05) is 17.7 Å². The fourth-order valence-electron chi connectivity index (χ4n) is 2.79. The van der Waals surface area contributed by atoms with E-state index in [4.69, 9.17) is 21.2 Å². The van der Waals surface area contributed by atoms with Gasteiger partial charge in [0.15, 0.2) is 0 Å². The summed E-state index contributed by atoms with van der Waals surface area (Å²) >= 11 is 5.70. The van der Waals surface area contributed by atoms with E-state index in [1.54, 1.807) is 0 Å². The zero-order valence-corrected chi connectivity index (χ0v) is 15.2. The van der Waals surface area contributed by atoms with Crippen molar-refractivity contribution in [2.75, 3.05) is 13.0 Å². The van der Waals surface area contributed by atoms with Crippen molar-refractivity contribution in [2.45, 2.75) is 44.6 Å². The molecule has 0 N–H and O–H groups in total. The molecule has 2 aromatic rings. The molecule has 0 saturated carbocycles. The maximum Gasteiger partial charge on any atom is 0.253 e. The van der Waals surface area contributed by atoms with Crippen LogP contribution in [-0.4, -0.2) is 34.5 Å². The van der Waals surface area contributed by atoms with Crippen LogP contribution in [0.5, 0.6) is 0 Å². The first-order valence-corrected chi connectivity index (χ1v) is 8.85. The lowest BCUT2D eigenvalue weighted by Crippen LogP contribution is -2.44. The number of alkyl halides is 1. The number of aromatic nitrogens is 1. The Labute approximate surface area is 173 Å². The molecule has 1 aromatic heterocycles. The van der Waals surface area contributed by atoms with Gasteiger partial charge in [-0.2, -0.15) is 0 Å². The van der Waals surface area contributed by atoms with Crippen molar-refractivity contribution in [3.05, 3.63) is 64.2 Å². The van der Waals surface area contributed by atoms with Gasteiger partial charge in [0.25, 0.3) is 5.91 Å². The van der Waals surface area contributed by atoms with Crippen molar-refractivity contribution >= 4 is 17.5 Å². The average Bonchev–Trinajstić information content (AvgIpc) is 2.72. The number of hydrogen-bond donors (Lipinski definition) is 0. The number of benzene rings is 1. The number of hydrogen-bond acceptors (Lipinski definition) is 2. The SMILES string of the molecule is [2H]C([2H])([2H])c1ccc(CCCC2(F)CC([2H])([2H])N(C(=O)c3ccc(F)c(Cl)c3)CC2([2H])[2H])nc1. The third-order valence-corrected chi connectivity index (χ3v) is 4.64. The minimum atomic E-state index is -2.56. The van der Waals surface area contributed by atoms with Crippen molar-refractivity contribution in [3.8, 4) is 0 Å². The van der Waals surface area contributed by atoms with E-state index >= 15 is 4.39 Å². The predicted molar refractivity (Wildman–Crippen MR) is 102 cm³/mol. The Morgan fingerprint density at radius 2 is 2.30 bits per heavy atom. The first-order chi connectivity index (χ1) is 15.6. The number of carbonyl (C=O) groups is 1. The van der Waals surface area contributed by atoms with Gasteiger partial charge in [0, 0.05) is 40.1 Å².